The van der Waals surface area contributed by atoms with Gasteiger partial charge in [-0.25, -0.2) is 0 Å². The first kappa shape index (κ1) is 20.3. The summed E-state index contributed by atoms with van der Waals surface area (Å²) in [5.41, 5.74) is 2.65. The number of carbonyl (C=O) groups is 2. The van der Waals surface area contributed by atoms with Crippen molar-refractivity contribution >= 4 is 40.9 Å². The van der Waals surface area contributed by atoms with Crippen LogP contribution in [0, 0.1) is 0 Å². The maximum Gasteiger partial charge on any atom is 0.258 e. The minimum atomic E-state index is -0.954. The third-order valence-corrected chi connectivity index (χ3v) is 6.01. The molecule has 32 heavy (non-hydrogen) atoms. The van der Waals surface area contributed by atoms with Crippen molar-refractivity contribution in [1.29, 1.82) is 0 Å². The summed E-state index contributed by atoms with van der Waals surface area (Å²) in [6, 6.07) is 14.8. The van der Waals surface area contributed by atoms with Crippen LogP contribution in [0.15, 0.2) is 53.3 Å². The predicted octanol–water partition coefficient (Wildman–Crippen LogP) is 3.05. The van der Waals surface area contributed by atoms with Crippen molar-refractivity contribution in [1.82, 2.24) is 9.97 Å². The van der Waals surface area contributed by atoms with E-state index in [1.807, 2.05) is 17.0 Å². The van der Waals surface area contributed by atoms with E-state index in [1.165, 1.54) is 11.1 Å². The third-order valence-electron chi connectivity index (χ3n) is 5.78. The number of anilines is 3. The fourth-order valence-corrected chi connectivity index (χ4v) is 4.40. The maximum atomic E-state index is 13.0. The zero-order valence-electron chi connectivity index (χ0n) is 17.0. The molecular weight excluding hydrogens is 430 g/mol. The second-order valence-corrected chi connectivity index (χ2v) is 8.33. The number of rotatable bonds is 3. The Morgan fingerprint density at radius 1 is 1.12 bits per heavy atom. The molecule has 0 bridgehead atoms. The summed E-state index contributed by atoms with van der Waals surface area (Å²) >= 11 is 5.98. The molecule has 1 aromatic heterocycles. The van der Waals surface area contributed by atoms with Gasteiger partial charge in [0.15, 0.2) is 0 Å². The second-order valence-electron chi connectivity index (χ2n) is 7.90. The number of H-pyrrole nitrogens is 1. The fourth-order valence-electron chi connectivity index (χ4n) is 4.21. The molecule has 0 aliphatic carbocycles. The average molecular weight is 450 g/mol. The zero-order chi connectivity index (χ0) is 22.2. The molecule has 0 saturated heterocycles. The van der Waals surface area contributed by atoms with Crippen LogP contribution >= 0.6 is 11.6 Å². The molecule has 3 heterocycles. The maximum absolute atomic E-state index is 13.0. The standard InChI is InChI=1S/C23H20ClN5O3/c24-15-6-3-7-16(10-15)25-21(31)17-11-18(30)26-20-19(17)22(32)28-23(27-20)29-9-8-13-4-1-2-5-14(13)12-29/h1-7,10,17H,8-9,11-12H2,(H,25,31)(H2,26,27,28,30,32). The number of aromatic amines is 1. The first-order chi connectivity index (χ1) is 15.5. The minimum Gasteiger partial charge on any atom is -0.338 e. The van der Waals surface area contributed by atoms with E-state index in [0.29, 0.717) is 29.7 Å². The lowest BCUT2D eigenvalue weighted by Crippen LogP contribution is -2.38. The number of hydrogen-bond acceptors (Lipinski definition) is 5. The van der Waals surface area contributed by atoms with Crippen molar-refractivity contribution in [3.8, 4) is 0 Å². The van der Waals surface area contributed by atoms with E-state index in [4.69, 9.17) is 11.6 Å². The number of carbonyl (C=O) groups excluding carboxylic acids is 2. The topological polar surface area (TPSA) is 107 Å². The van der Waals surface area contributed by atoms with E-state index in [2.05, 4.69) is 32.7 Å². The lowest BCUT2D eigenvalue weighted by molar-refractivity contribution is -0.123. The van der Waals surface area contributed by atoms with Crippen LogP contribution in [-0.2, 0) is 22.6 Å². The van der Waals surface area contributed by atoms with Crippen LogP contribution < -0.4 is 21.1 Å². The van der Waals surface area contributed by atoms with E-state index in [9.17, 15) is 14.4 Å². The molecule has 2 aliphatic heterocycles. The molecule has 3 aromatic rings. The van der Waals surface area contributed by atoms with E-state index in [0.717, 1.165) is 6.42 Å². The molecule has 1 unspecified atom stereocenters. The van der Waals surface area contributed by atoms with Gasteiger partial charge in [0.25, 0.3) is 5.56 Å². The van der Waals surface area contributed by atoms with Crippen LogP contribution in [0.3, 0.4) is 0 Å². The van der Waals surface area contributed by atoms with Crippen molar-refractivity contribution < 1.29 is 9.59 Å². The van der Waals surface area contributed by atoms with Crippen molar-refractivity contribution in [3.63, 3.8) is 0 Å². The molecule has 8 nitrogen and oxygen atoms in total. The Bertz CT molecular complexity index is 1290. The molecule has 0 radical (unpaired) electrons. The number of nitrogens with zero attached hydrogens (tertiary/aromatic N) is 2. The number of amides is 2. The number of halogens is 1. The fraction of sp³-hybridized carbons (Fsp3) is 0.217. The normalized spacial score (nSPS) is 17.2. The summed E-state index contributed by atoms with van der Waals surface area (Å²) < 4.78 is 0. The van der Waals surface area contributed by atoms with Gasteiger partial charge in [0.2, 0.25) is 17.8 Å². The number of nitrogens with one attached hydrogen (secondary N) is 3. The summed E-state index contributed by atoms with van der Waals surface area (Å²) in [7, 11) is 0. The number of fused-ring (bicyclic) bond motifs is 2. The molecule has 0 spiro atoms. The van der Waals surface area contributed by atoms with Crippen molar-refractivity contribution in [2.75, 3.05) is 22.1 Å². The highest BCUT2D eigenvalue weighted by molar-refractivity contribution is 6.30. The van der Waals surface area contributed by atoms with Crippen LogP contribution in [0.25, 0.3) is 0 Å². The van der Waals surface area contributed by atoms with Gasteiger partial charge in [-0.2, -0.15) is 4.98 Å². The molecule has 162 valence electrons. The van der Waals surface area contributed by atoms with Crippen LogP contribution in [0.4, 0.5) is 17.5 Å². The summed E-state index contributed by atoms with van der Waals surface area (Å²) in [5.74, 6) is -1.28. The molecule has 2 amide bonds. The quantitative estimate of drug-likeness (QED) is 0.569. The van der Waals surface area contributed by atoms with Gasteiger partial charge in [-0.05, 0) is 35.7 Å². The molecule has 2 aromatic carbocycles. The molecule has 9 heteroatoms. The van der Waals surface area contributed by atoms with Gasteiger partial charge in [-0.3, -0.25) is 19.4 Å². The molecule has 1 atom stereocenters. The van der Waals surface area contributed by atoms with Gasteiger partial charge in [0.1, 0.15) is 5.82 Å². The van der Waals surface area contributed by atoms with Crippen molar-refractivity contribution in [2.45, 2.75) is 25.3 Å². The zero-order valence-corrected chi connectivity index (χ0v) is 17.8. The number of aromatic nitrogens is 2. The van der Waals surface area contributed by atoms with Gasteiger partial charge in [0, 0.05) is 30.2 Å². The first-order valence-electron chi connectivity index (χ1n) is 10.3. The average Bonchev–Trinajstić information content (AvgIpc) is 2.78. The lowest BCUT2D eigenvalue weighted by Gasteiger charge is -2.30. The molecule has 0 fully saturated rings. The smallest absolute Gasteiger partial charge is 0.258 e. The van der Waals surface area contributed by atoms with E-state index >= 15 is 0 Å². The van der Waals surface area contributed by atoms with E-state index < -0.39 is 17.4 Å². The highest BCUT2D eigenvalue weighted by Crippen LogP contribution is 2.31. The van der Waals surface area contributed by atoms with Crippen molar-refractivity contribution in [2.24, 2.45) is 0 Å². The molecular formula is C23H20ClN5O3. The lowest BCUT2D eigenvalue weighted by atomic mass is 9.92. The van der Waals surface area contributed by atoms with Gasteiger partial charge in [-0.15, -0.1) is 0 Å². The highest BCUT2D eigenvalue weighted by Gasteiger charge is 2.35. The largest absolute Gasteiger partial charge is 0.338 e. The van der Waals surface area contributed by atoms with Gasteiger partial charge in [0.05, 0.1) is 11.5 Å². The Balaban J connectivity index is 1.45. The Morgan fingerprint density at radius 3 is 2.75 bits per heavy atom. The van der Waals surface area contributed by atoms with Crippen LogP contribution in [-0.4, -0.2) is 28.3 Å². The Kier molecular flexibility index (Phi) is 5.14. The molecule has 2 aliphatic rings. The highest BCUT2D eigenvalue weighted by atomic mass is 35.5. The second kappa shape index (κ2) is 8.12. The summed E-state index contributed by atoms with van der Waals surface area (Å²) in [6.45, 7) is 1.29. The summed E-state index contributed by atoms with van der Waals surface area (Å²) in [5, 5.41) is 5.86. The van der Waals surface area contributed by atoms with Gasteiger partial charge >= 0.3 is 0 Å². The van der Waals surface area contributed by atoms with Crippen LogP contribution in [0.1, 0.15) is 29.0 Å². The third kappa shape index (κ3) is 3.85. The summed E-state index contributed by atoms with van der Waals surface area (Å²) in [6.07, 6.45) is 0.689. The monoisotopic (exact) mass is 449 g/mol. The Hall–Kier alpha value is -3.65. The SMILES string of the molecule is O=C1CC(C(=O)Nc2cccc(Cl)c2)c2c(nc(N3CCc4ccccc4C3)[nH]c2=O)N1. The number of hydrogen-bond donors (Lipinski definition) is 3. The molecule has 3 N–H and O–H groups in total. The first-order valence-corrected chi connectivity index (χ1v) is 10.7. The minimum absolute atomic E-state index is 0.130. The van der Waals surface area contributed by atoms with Gasteiger partial charge < -0.3 is 15.5 Å². The van der Waals surface area contributed by atoms with Crippen molar-refractivity contribution in [3.05, 3.63) is 80.6 Å². The van der Waals surface area contributed by atoms with Gasteiger partial charge in [-0.1, -0.05) is 41.9 Å². The van der Waals surface area contributed by atoms with Crippen LogP contribution in [0.2, 0.25) is 5.02 Å². The predicted molar refractivity (Wildman–Crippen MR) is 122 cm³/mol. The summed E-state index contributed by atoms with van der Waals surface area (Å²) in [4.78, 5) is 47.6. The Morgan fingerprint density at radius 2 is 1.94 bits per heavy atom. The number of benzene rings is 2. The molecule has 5 rings (SSSR count). The molecule has 0 saturated carbocycles. The van der Waals surface area contributed by atoms with Crippen LogP contribution in [0.5, 0.6) is 0 Å². The van der Waals surface area contributed by atoms with E-state index in [1.54, 1.807) is 24.3 Å². The van der Waals surface area contributed by atoms with E-state index in [-0.39, 0.29) is 23.7 Å². The Labute approximate surface area is 188 Å².